The monoisotopic (exact) mass is 390 g/mol. The fourth-order valence-electron chi connectivity index (χ4n) is 3.26. The summed E-state index contributed by atoms with van der Waals surface area (Å²) in [5.74, 6) is 0.509. The fraction of sp³-hybridized carbons (Fsp3) is 0.333. The van der Waals surface area contributed by atoms with Crippen LogP contribution in [0.2, 0.25) is 0 Å². The molecule has 0 spiro atoms. The van der Waals surface area contributed by atoms with Crippen molar-refractivity contribution >= 4 is 17.0 Å². The molecule has 0 radical (unpaired) electrons. The molecule has 2 aromatic rings. The highest BCUT2D eigenvalue weighted by Crippen LogP contribution is 2.33. The first kappa shape index (κ1) is 24.3. The van der Waals surface area contributed by atoms with Crippen LogP contribution in [0.1, 0.15) is 70.7 Å². The van der Waals surface area contributed by atoms with E-state index in [0.717, 1.165) is 23.4 Å². The molecule has 2 rings (SSSR count). The molecule has 2 heteroatoms. The highest BCUT2D eigenvalue weighted by Gasteiger charge is 2.17. The zero-order chi connectivity index (χ0) is 22.1. The van der Waals surface area contributed by atoms with Gasteiger partial charge < -0.3 is 5.73 Å². The van der Waals surface area contributed by atoms with E-state index in [-0.39, 0.29) is 0 Å². The molecule has 2 nitrogen and oxygen atoms in total. The Morgan fingerprint density at radius 3 is 2.24 bits per heavy atom. The average molecular weight is 391 g/mol. The Morgan fingerprint density at radius 1 is 1.07 bits per heavy atom. The lowest BCUT2D eigenvalue weighted by molar-refractivity contribution is 1.11. The van der Waals surface area contributed by atoms with Crippen LogP contribution in [0.4, 0.5) is 5.69 Å². The van der Waals surface area contributed by atoms with Crippen LogP contribution in [0.5, 0.6) is 0 Å². The van der Waals surface area contributed by atoms with E-state index in [0.29, 0.717) is 5.82 Å². The SMILES string of the molecule is C=C(N)N(/C(=C\C)c1cccc(CC)c1)c1ccc(C)c(C(C)=C(C)C)c1.CC. The van der Waals surface area contributed by atoms with Gasteiger partial charge in [0.15, 0.2) is 0 Å². The second-order valence-corrected chi connectivity index (χ2v) is 7.18. The maximum absolute atomic E-state index is 6.26. The number of allylic oxidation sites excluding steroid dienone is 3. The van der Waals surface area contributed by atoms with Crippen LogP contribution in [0.15, 0.2) is 66.5 Å². The van der Waals surface area contributed by atoms with Crippen molar-refractivity contribution in [3.63, 3.8) is 0 Å². The van der Waals surface area contributed by atoms with Crippen LogP contribution in [0, 0.1) is 6.92 Å². The molecule has 0 amide bonds. The van der Waals surface area contributed by atoms with Gasteiger partial charge in [-0.2, -0.15) is 0 Å². The molecule has 0 aliphatic carbocycles. The predicted octanol–water partition coefficient (Wildman–Crippen LogP) is 7.69. The van der Waals surface area contributed by atoms with Crippen molar-refractivity contribution in [2.75, 3.05) is 4.90 Å². The minimum atomic E-state index is 0.509. The number of hydrogen-bond donors (Lipinski definition) is 1. The van der Waals surface area contributed by atoms with E-state index in [4.69, 9.17) is 5.73 Å². The molecule has 0 atom stereocenters. The molecule has 0 aliphatic rings. The largest absolute Gasteiger partial charge is 0.385 e. The molecule has 0 heterocycles. The van der Waals surface area contributed by atoms with Gasteiger partial charge in [0.25, 0.3) is 0 Å². The molecule has 0 aliphatic heterocycles. The summed E-state index contributed by atoms with van der Waals surface area (Å²) in [6.45, 7) is 20.9. The first-order valence-electron chi connectivity index (χ1n) is 10.5. The van der Waals surface area contributed by atoms with Crippen LogP contribution in [0.3, 0.4) is 0 Å². The molecule has 0 unspecified atom stereocenters. The Hall–Kier alpha value is -2.74. The zero-order valence-electron chi connectivity index (χ0n) is 19.6. The standard InChI is InChI=1S/C25H32N2.C2H6/c1-8-21-11-10-12-22(15-21)25(9-2)27(20(7)26)23-14-13-18(5)24(16-23)19(6)17(3)4;1-2/h9-16H,7-8,26H2,1-6H3;1-2H3/b25-9-;. The van der Waals surface area contributed by atoms with E-state index >= 15 is 0 Å². The summed E-state index contributed by atoms with van der Waals surface area (Å²) in [7, 11) is 0. The van der Waals surface area contributed by atoms with E-state index in [1.807, 2.05) is 25.7 Å². The number of benzene rings is 2. The van der Waals surface area contributed by atoms with E-state index in [2.05, 4.69) is 89.7 Å². The third-order valence-corrected chi connectivity index (χ3v) is 5.07. The molecule has 2 aromatic carbocycles. The van der Waals surface area contributed by atoms with Crippen molar-refractivity contribution in [1.29, 1.82) is 0 Å². The number of rotatable bonds is 6. The zero-order valence-corrected chi connectivity index (χ0v) is 19.6. The van der Waals surface area contributed by atoms with Gasteiger partial charge in [-0.15, -0.1) is 0 Å². The van der Waals surface area contributed by atoms with Crippen molar-refractivity contribution in [3.05, 3.63) is 88.8 Å². The number of hydrogen-bond acceptors (Lipinski definition) is 2. The highest BCUT2D eigenvalue weighted by molar-refractivity contribution is 5.84. The van der Waals surface area contributed by atoms with Gasteiger partial charge in [0.05, 0.1) is 5.70 Å². The summed E-state index contributed by atoms with van der Waals surface area (Å²) in [6, 6.07) is 15.1. The van der Waals surface area contributed by atoms with Gasteiger partial charge in [-0.1, -0.05) is 63.3 Å². The lowest BCUT2D eigenvalue weighted by atomic mass is 9.97. The molecule has 2 N–H and O–H groups in total. The Labute approximate surface area is 178 Å². The van der Waals surface area contributed by atoms with Crippen LogP contribution in [-0.4, -0.2) is 0 Å². The molecule has 0 aromatic heterocycles. The molecular weight excluding hydrogens is 352 g/mol. The van der Waals surface area contributed by atoms with Crippen LogP contribution in [-0.2, 0) is 6.42 Å². The topological polar surface area (TPSA) is 29.3 Å². The van der Waals surface area contributed by atoms with E-state index in [1.165, 1.54) is 27.8 Å². The van der Waals surface area contributed by atoms with Crippen molar-refractivity contribution in [2.45, 2.75) is 61.8 Å². The number of nitrogens with zero attached hydrogens (tertiary/aromatic N) is 1. The third kappa shape index (κ3) is 5.87. The van der Waals surface area contributed by atoms with Crippen molar-refractivity contribution in [3.8, 4) is 0 Å². The first-order chi connectivity index (χ1) is 13.8. The van der Waals surface area contributed by atoms with Crippen molar-refractivity contribution in [2.24, 2.45) is 5.73 Å². The molecule has 0 fully saturated rings. The maximum Gasteiger partial charge on any atom is 0.100 e. The lowest BCUT2D eigenvalue weighted by Crippen LogP contribution is -2.25. The Kier molecular flexibility index (Phi) is 9.47. The van der Waals surface area contributed by atoms with Gasteiger partial charge in [0.2, 0.25) is 0 Å². The predicted molar refractivity (Wildman–Crippen MR) is 132 cm³/mol. The minimum absolute atomic E-state index is 0.509. The summed E-state index contributed by atoms with van der Waals surface area (Å²) < 4.78 is 0. The Balaban J connectivity index is 0.00000204. The molecular formula is C27H38N2. The quantitative estimate of drug-likeness (QED) is 0.547. The lowest BCUT2D eigenvalue weighted by Gasteiger charge is -2.28. The van der Waals surface area contributed by atoms with Gasteiger partial charge in [0.1, 0.15) is 5.82 Å². The molecule has 29 heavy (non-hydrogen) atoms. The number of aryl methyl sites for hydroxylation is 2. The van der Waals surface area contributed by atoms with Gasteiger partial charge in [-0.05, 0) is 87.1 Å². The van der Waals surface area contributed by atoms with E-state index in [1.54, 1.807) is 0 Å². The number of anilines is 1. The second kappa shape index (κ2) is 11.3. The maximum atomic E-state index is 6.26. The van der Waals surface area contributed by atoms with Gasteiger partial charge in [0, 0.05) is 5.69 Å². The summed E-state index contributed by atoms with van der Waals surface area (Å²) in [6.07, 6.45) is 3.10. The van der Waals surface area contributed by atoms with E-state index < -0.39 is 0 Å². The third-order valence-electron chi connectivity index (χ3n) is 5.07. The van der Waals surface area contributed by atoms with Crippen molar-refractivity contribution in [1.82, 2.24) is 0 Å². The number of nitrogens with two attached hydrogens (primary N) is 1. The molecule has 0 saturated carbocycles. The summed E-state index contributed by atoms with van der Waals surface area (Å²) in [5, 5.41) is 0. The normalized spacial score (nSPS) is 10.7. The molecule has 156 valence electrons. The first-order valence-corrected chi connectivity index (χ1v) is 10.5. The Bertz CT molecular complexity index is 897. The van der Waals surface area contributed by atoms with Gasteiger partial charge in [-0.3, -0.25) is 4.90 Å². The van der Waals surface area contributed by atoms with Crippen LogP contribution in [0.25, 0.3) is 11.3 Å². The van der Waals surface area contributed by atoms with Crippen LogP contribution >= 0.6 is 0 Å². The van der Waals surface area contributed by atoms with Crippen LogP contribution < -0.4 is 10.6 Å². The van der Waals surface area contributed by atoms with E-state index in [9.17, 15) is 0 Å². The van der Waals surface area contributed by atoms with Gasteiger partial charge in [-0.25, -0.2) is 0 Å². The average Bonchev–Trinajstić information content (AvgIpc) is 2.73. The Morgan fingerprint density at radius 2 is 1.72 bits per heavy atom. The molecule has 0 bridgehead atoms. The van der Waals surface area contributed by atoms with Crippen molar-refractivity contribution < 1.29 is 0 Å². The summed E-state index contributed by atoms with van der Waals surface area (Å²) >= 11 is 0. The van der Waals surface area contributed by atoms with Gasteiger partial charge >= 0.3 is 0 Å². The summed E-state index contributed by atoms with van der Waals surface area (Å²) in [4.78, 5) is 2.04. The summed E-state index contributed by atoms with van der Waals surface area (Å²) in [5.41, 5.74) is 15.9. The minimum Gasteiger partial charge on any atom is -0.385 e. The smallest absolute Gasteiger partial charge is 0.100 e. The molecule has 0 saturated heterocycles. The second-order valence-electron chi connectivity index (χ2n) is 7.18. The highest BCUT2D eigenvalue weighted by atomic mass is 15.2. The fourth-order valence-corrected chi connectivity index (χ4v) is 3.26.